The van der Waals surface area contributed by atoms with Crippen molar-refractivity contribution in [1.29, 1.82) is 0 Å². The van der Waals surface area contributed by atoms with E-state index >= 15 is 0 Å². The monoisotopic (exact) mass is 345 g/mol. The SMILES string of the molecule is CC(=O)N1CCC(Nc2ccccc2CN2C[C@H](C)O[C@@H](C)C2)CC1. The van der Waals surface area contributed by atoms with Crippen molar-refractivity contribution in [2.75, 3.05) is 31.5 Å². The molecular formula is C20H31N3O2. The third-order valence-corrected chi connectivity index (χ3v) is 5.21. The Morgan fingerprint density at radius 3 is 2.44 bits per heavy atom. The second-order valence-corrected chi connectivity index (χ2v) is 7.53. The fourth-order valence-electron chi connectivity index (χ4n) is 4.01. The van der Waals surface area contributed by atoms with Crippen molar-refractivity contribution in [3.05, 3.63) is 29.8 Å². The second-order valence-electron chi connectivity index (χ2n) is 7.53. The van der Waals surface area contributed by atoms with Crippen LogP contribution < -0.4 is 5.32 Å². The lowest BCUT2D eigenvalue weighted by Gasteiger charge is -2.36. The van der Waals surface area contributed by atoms with E-state index in [1.165, 1.54) is 11.3 Å². The molecule has 3 rings (SSSR count). The van der Waals surface area contributed by atoms with E-state index in [1.54, 1.807) is 6.92 Å². The van der Waals surface area contributed by atoms with E-state index in [1.807, 2.05) is 4.90 Å². The average Bonchev–Trinajstić information content (AvgIpc) is 2.56. The standard InChI is InChI=1S/C20H31N3O2/c1-15-12-22(13-16(2)25-15)14-18-6-4-5-7-20(18)21-19-8-10-23(11-9-19)17(3)24/h4-7,15-16,19,21H,8-14H2,1-3H3/t15-,16-/m0/s1. The van der Waals surface area contributed by atoms with E-state index in [4.69, 9.17) is 4.74 Å². The number of ether oxygens (including phenoxy) is 1. The van der Waals surface area contributed by atoms with Crippen molar-refractivity contribution in [3.8, 4) is 0 Å². The quantitative estimate of drug-likeness (QED) is 0.911. The Kier molecular flexibility index (Phi) is 5.97. The Bertz CT molecular complexity index is 574. The van der Waals surface area contributed by atoms with Crippen molar-refractivity contribution in [2.24, 2.45) is 0 Å². The van der Waals surface area contributed by atoms with Gasteiger partial charge in [0.2, 0.25) is 5.91 Å². The van der Waals surface area contributed by atoms with Crippen LogP contribution in [0.4, 0.5) is 5.69 Å². The summed E-state index contributed by atoms with van der Waals surface area (Å²) >= 11 is 0. The minimum Gasteiger partial charge on any atom is -0.382 e. The summed E-state index contributed by atoms with van der Waals surface area (Å²) in [6.45, 7) is 10.6. The molecule has 1 aromatic carbocycles. The summed E-state index contributed by atoms with van der Waals surface area (Å²) in [6.07, 6.45) is 2.61. The van der Waals surface area contributed by atoms with Gasteiger partial charge in [-0.25, -0.2) is 0 Å². The molecule has 0 spiro atoms. The molecule has 5 heteroatoms. The Morgan fingerprint density at radius 2 is 1.80 bits per heavy atom. The number of morpholine rings is 1. The van der Waals surface area contributed by atoms with E-state index in [0.717, 1.165) is 45.6 Å². The molecule has 5 nitrogen and oxygen atoms in total. The van der Waals surface area contributed by atoms with Crippen LogP contribution in [0.3, 0.4) is 0 Å². The molecule has 2 fully saturated rings. The van der Waals surface area contributed by atoms with Crippen LogP contribution in [0, 0.1) is 0 Å². The minimum absolute atomic E-state index is 0.189. The van der Waals surface area contributed by atoms with Crippen LogP contribution in [0.1, 0.15) is 39.2 Å². The number of carbonyl (C=O) groups excluding carboxylic acids is 1. The average molecular weight is 345 g/mol. The molecule has 0 unspecified atom stereocenters. The normalized spacial score (nSPS) is 25.8. The number of piperidine rings is 1. The maximum Gasteiger partial charge on any atom is 0.219 e. The number of nitrogens with one attached hydrogen (secondary N) is 1. The first-order valence-corrected chi connectivity index (χ1v) is 9.49. The molecule has 0 aromatic heterocycles. The van der Waals surface area contributed by atoms with E-state index in [9.17, 15) is 4.79 Å². The third-order valence-electron chi connectivity index (χ3n) is 5.21. The highest BCUT2D eigenvalue weighted by Crippen LogP contribution is 2.23. The minimum atomic E-state index is 0.189. The summed E-state index contributed by atoms with van der Waals surface area (Å²) < 4.78 is 5.85. The van der Waals surface area contributed by atoms with E-state index in [0.29, 0.717) is 18.2 Å². The lowest BCUT2D eigenvalue weighted by atomic mass is 10.0. The van der Waals surface area contributed by atoms with Crippen LogP contribution >= 0.6 is 0 Å². The summed E-state index contributed by atoms with van der Waals surface area (Å²) in [7, 11) is 0. The van der Waals surface area contributed by atoms with Crippen LogP contribution in [0.15, 0.2) is 24.3 Å². The summed E-state index contributed by atoms with van der Waals surface area (Å²) in [5.41, 5.74) is 2.58. The fourth-order valence-corrected chi connectivity index (χ4v) is 4.01. The molecule has 1 aromatic rings. The first-order chi connectivity index (χ1) is 12.0. The van der Waals surface area contributed by atoms with Gasteiger partial charge < -0.3 is 15.0 Å². The van der Waals surface area contributed by atoms with Crippen molar-refractivity contribution in [3.63, 3.8) is 0 Å². The molecule has 1 N–H and O–H groups in total. The number of likely N-dealkylation sites (tertiary alicyclic amines) is 1. The Morgan fingerprint density at radius 1 is 1.16 bits per heavy atom. The van der Waals surface area contributed by atoms with Gasteiger partial charge in [0.15, 0.2) is 0 Å². The van der Waals surface area contributed by atoms with Gasteiger partial charge in [0.1, 0.15) is 0 Å². The zero-order chi connectivity index (χ0) is 17.8. The molecule has 0 bridgehead atoms. The molecular weight excluding hydrogens is 314 g/mol. The number of hydrogen-bond donors (Lipinski definition) is 1. The third kappa shape index (κ3) is 4.95. The summed E-state index contributed by atoms with van der Waals surface area (Å²) in [5, 5.41) is 3.73. The number of rotatable bonds is 4. The number of amides is 1. The molecule has 2 atom stereocenters. The van der Waals surface area contributed by atoms with Gasteiger partial charge in [-0.3, -0.25) is 9.69 Å². The predicted molar refractivity (Wildman–Crippen MR) is 101 cm³/mol. The van der Waals surface area contributed by atoms with Crippen LogP contribution in [0.25, 0.3) is 0 Å². The number of anilines is 1. The molecule has 138 valence electrons. The first kappa shape index (κ1) is 18.2. The zero-order valence-electron chi connectivity index (χ0n) is 15.7. The van der Waals surface area contributed by atoms with Crippen LogP contribution in [-0.2, 0) is 16.1 Å². The number of benzene rings is 1. The van der Waals surface area contributed by atoms with Crippen molar-refractivity contribution >= 4 is 11.6 Å². The van der Waals surface area contributed by atoms with Crippen molar-refractivity contribution in [2.45, 2.75) is 58.4 Å². The summed E-state index contributed by atoms with van der Waals surface area (Å²) in [5.74, 6) is 0.189. The fraction of sp³-hybridized carbons (Fsp3) is 0.650. The maximum atomic E-state index is 11.5. The van der Waals surface area contributed by atoms with Crippen LogP contribution in [0.2, 0.25) is 0 Å². The second kappa shape index (κ2) is 8.19. The Hall–Kier alpha value is -1.59. The van der Waals surface area contributed by atoms with Crippen molar-refractivity contribution < 1.29 is 9.53 Å². The van der Waals surface area contributed by atoms with Gasteiger partial charge in [0.05, 0.1) is 12.2 Å². The van der Waals surface area contributed by atoms with E-state index in [2.05, 4.69) is 48.3 Å². The molecule has 2 aliphatic heterocycles. The lowest BCUT2D eigenvalue weighted by Crippen LogP contribution is -2.45. The van der Waals surface area contributed by atoms with Crippen LogP contribution in [-0.4, -0.2) is 60.1 Å². The topological polar surface area (TPSA) is 44.8 Å². The lowest BCUT2D eigenvalue weighted by molar-refractivity contribution is -0.129. The van der Waals surface area contributed by atoms with Gasteiger partial charge in [0, 0.05) is 51.4 Å². The summed E-state index contributed by atoms with van der Waals surface area (Å²) in [6, 6.07) is 9.06. The van der Waals surface area contributed by atoms with Gasteiger partial charge in [-0.2, -0.15) is 0 Å². The van der Waals surface area contributed by atoms with Crippen molar-refractivity contribution in [1.82, 2.24) is 9.80 Å². The maximum absolute atomic E-state index is 11.5. The number of nitrogens with zero attached hydrogens (tertiary/aromatic N) is 2. The molecule has 0 aliphatic carbocycles. The number of hydrogen-bond acceptors (Lipinski definition) is 4. The highest BCUT2D eigenvalue weighted by molar-refractivity contribution is 5.73. The largest absolute Gasteiger partial charge is 0.382 e. The predicted octanol–water partition coefficient (Wildman–Crippen LogP) is 2.72. The first-order valence-electron chi connectivity index (χ1n) is 9.49. The highest BCUT2D eigenvalue weighted by atomic mass is 16.5. The molecule has 0 radical (unpaired) electrons. The van der Waals surface area contributed by atoms with E-state index in [-0.39, 0.29) is 5.91 Å². The number of para-hydroxylation sites is 1. The van der Waals surface area contributed by atoms with Crippen LogP contribution in [0.5, 0.6) is 0 Å². The summed E-state index contributed by atoms with van der Waals surface area (Å²) in [4.78, 5) is 15.9. The molecule has 0 saturated carbocycles. The molecule has 2 aliphatic rings. The number of carbonyl (C=O) groups is 1. The van der Waals surface area contributed by atoms with Gasteiger partial charge >= 0.3 is 0 Å². The zero-order valence-corrected chi connectivity index (χ0v) is 15.7. The van der Waals surface area contributed by atoms with Gasteiger partial charge in [-0.15, -0.1) is 0 Å². The molecule has 2 heterocycles. The molecule has 25 heavy (non-hydrogen) atoms. The van der Waals surface area contributed by atoms with E-state index < -0.39 is 0 Å². The molecule has 2 saturated heterocycles. The van der Waals surface area contributed by atoms with Gasteiger partial charge in [-0.1, -0.05) is 18.2 Å². The molecule has 1 amide bonds. The van der Waals surface area contributed by atoms with Gasteiger partial charge in [0.25, 0.3) is 0 Å². The Balaban J connectivity index is 1.60. The highest BCUT2D eigenvalue weighted by Gasteiger charge is 2.24. The van der Waals surface area contributed by atoms with Gasteiger partial charge in [-0.05, 0) is 38.3 Å². The smallest absolute Gasteiger partial charge is 0.219 e. The Labute approximate surface area is 151 Å².